The van der Waals surface area contributed by atoms with Crippen molar-refractivity contribution in [1.82, 2.24) is 5.32 Å². The second-order valence-corrected chi connectivity index (χ2v) is 6.38. The third kappa shape index (κ3) is 5.34. The minimum absolute atomic E-state index is 0.100. The Balaban J connectivity index is 2.01. The molecule has 0 aromatic heterocycles. The molecule has 5 nitrogen and oxygen atoms in total. The Morgan fingerprint density at radius 2 is 1.81 bits per heavy atom. The maximum Gasteiger partial charge on any atom is 0.265 e. The quantitative estimate of drug-likeness (QED) is 0.792. The fraction of sp³-hybridized carbons (Fsp3) is 0.333. The molecule has 2 atom stereocenters. The van der Waals surface area contributed by atoms with Crippen LogP contribution in [0.5, 0.6) is 5.75 Å². The Hall–Kier alpha value is -2.82. The predicted molar refractivity (Wildman–Crippen MR) is 104 cm³/mol. The number of aryl methyl sites for hydroxylation is 1. The summed E-state index contributed by atoms with van der Waals surface area (Å²) in [6, 6.07) is 14.5. The topological polar surface area (TPSA) is 67.4 Å². The fourth-order valence-corrected chi connectivity index (χ4v) is 2.32. The van der Waals surface area contributed by atoms with Crippen molar-refractivity contribution in [2.45, 2.75) is 46.3 Å². The van der Waals surface area contributed by atoms with Gasteiger partial charge in [0.25, 0.3) is 11.8 Å². The van der Waals surface area contributed by atoms with E-state index < -0.39 is 6.10 Å². The first-order chi connectivity index (χ1) is 12.4. The number of nitrogens with one attached hydrogen (secondary N) is 2. The summed E-state index contributed by atoms with van der Waals surface area (Å²) in [5.74, 6) is 0.254. The van der Waals surface area contributed by atoms with Gasteiger partial charge in [-0.1, -0.05) is 31.2 Å². The molecule has 0 spiro atoms. The van der Waals surface area contributed by atoms with E-state index in [1.165, 1.54) is 0 Å². The number of rotatable bonds is 7. The van der Waals surface area contributed by atoms with E-state index in [2.05, 4.69) is 10.6 Å². The van der Waals surface area contributed by atoms with Crippen molar-refractivity contribution in [3.63, 3.8) is 0 Å². The number of carbonyl (C=O) groups excluding carboxylic acids is 2. The number of benzene rings is 2. The molecule has 0 aliphatic carbocycles. The number of hydrogen-bond acceptors (Lipinski definition) is 3. The largest absolute Gasteiger partial charge is 0.481 e. The minimum Gasteiger partial charge on any atom is -0.481 e. The van der Waals surface area contributed by atoms with Crippen LogP contribution in [0.2, 0.25) is 0 Å². The van der Waals surface area contributed by atoms with Gasteiger partial charge in [0.1, 0.15) is 5.75 Å². The second kappa shape index (κ2) is 9.04. The minimum atomic E-state index is -0.659. The van der Waals surface area contributed by atoms with E-state index in [1.54, 1.807) is 31.2 Å². The van der Waals surface area contributed by atoms with Crippen LogP contribution in [-0.4, -0.2) is 24.0 Å². The lowest BCUT2D eigenvalue weighted by atomic mass is 10.1. The number of para-hydroxylation sites is 1. The molecule has 0 fully saturated rings. The lowest BCUT2D eigenvalue weighted by molar-refractivity contribution is -0.122. The molecular formula is C21H26N2O3. The first-order valence-corrected chi connectivity index (χ1v) is 8.84. The lowest BCUT2D eigenvalue weighted by Gasteiger charge is -2.16. The summed E-state index contributed by atoms with van der Waals surface area (Å²) in [7, 11) is 0. The number of carbonyl (C=O) groups is 2. The first kappa shape index (κ1) is 19.5. The Bertz CT molecular complexity index is 773. The van der Waals surface area contributed by atoms with Crippen LogP contribution < -0.4 is 15.4 Å². The highest BCUT2D eigenvalue weighted by Crippen LogP contribution is 2.18. The van der Waals surface area contributed by atoms with Gasteiger partial charge in [-0.15, -0.1) is 0 Å². The summed E-state index contributed by atoms with van der Waals surface area (Å²) < 4.78 is 5.73. The summed E-state index contributed by atoms with van der Waals surface area (Å²) in [6.45, 7) is 7.59. The van der Waals surface area contributed by atoms with Crippen molar-refractivity contribution in [2.75, 3.05) is 5.32 Å². The van der Waals surface area contributed by atoms with Gasteiger partial charge in [0, 0.05) is 17.3 Å². The molecule has 2 amide bonds. The van der Waals surface area contributed by atoms with Crippen molar-refractivity contribution >= 4 is 17.5 Å². The highest BCUT2D eigenvalue weighted by Gasteiger charge is 2.16. The van der Waals surface area contributed by atoms with Crippen LogP contribution in [0.1, 0.15) is 43.1 Å². The van der Waals surface area contributed by atoms with Gasteiger partial charge in [-0.05, 0) is 57.0 Å². The van der Waals surface area contributed by atoms with Crippen LogP contribution in [0, 0.1) is 6.92 Å². The van der Waals surface area contributed by atoms with Crippen molar-refractivity contribution in [3.05, 3.63) is 59.7 Å². The van der Waals surface area contributed by atoms with Crippen LogP contribution in [0.4, 0.5) is 5.69 Å². The van der Waals surface area contributed by atoms with E-state index >= 15 is 0 Å². The molecular weight excluding hydrogens is 328 g/mol. The molecule has 0 heterocycles. The number of ether oxygens (including phenoxy) is 1. The average molecular weight is 354 g/mol. The normalized spacial score (nSPS) is 12.8. The molecule has 0 aliphatic heterocycles. The van der Waals surface area contributed by atoms with Crippen LogP contribution in [0.3, 0.4) is 0 Å². The van der Waals surface area contributed by atoms with E-state index in [0.717, 1.165) is 12.0 Å². The van der Waals surface area contributed by atoms with E-state index in [-0.39, 0.29) is 17.9 Å². The molecule has 5 heteroatoms. The third-order valence-electron chi connectivity index (χ3n) is 4.15. The summed E-state index contributed by atoms with van der Waals surface area (Å²) in [5.41, 5.74) is 2.04. The van der Waals surface area contributed by atoms with Gasteiger partial charge in [0.2, 0.25) is 0 Å². The van der Waals surface area contributed by atoms with Gasteiger partial charge < -0.3 is 15.4 Å². The van der Waals surface area contributed by atoms with Crippen LogP contribution >= 0.6 is 0 Å². The Labute approximate surface area is 154 Å². The van der Waals surface area contributed by atoms with Crippen LogP contribution in [0.15, 0.2) is 48.5 Å². The second-order valence-electron chi connectivity index (χ2n) is 6.38. The zero-order chi connectivity index (χ0) is 19.1. The van der Waals surface area contributed by atoms with Gasteiger partial charge >= 0.3 is 0 Å². The number of amides is 2. The van der Waals surface area contributed by atoms with Gasteiger partial charge in [0.15, 0.2) is 6.10 Å². The number of hydrogen-bond donors (Lipinski definition) is 2. The first-order valence-electron chi connectivity index (χ1n) is 8.84. The summed E-state index contributed by atoms with van der Waals surface area (Å²) in [5, 5.41) is 5.71. The molecule has 2 N–H and O–H groups in total. The summed E-state index contributed by atoms with van der Waals surface area (Å²) in [6.07, 6.45) is 0.198. The van der Waals surface area contributed by atoms with E-state index in [4.69, 9.17) is 4.74 Å². The molecule has 2 aromatic rings. The van der Waals surface area contributed by atoms with Gasteiger partial charge in [0.05, 0.1) is 0 Å². The monoisotopic (exact) mass is 354 g/mol. The molecule has 0 radical (unpaired) electrons. The molecule has 2 unspecified atom stereocenters. The highest BCUT2D eigenvalue weighted by molar-refractivity contribution is 5.98. The molecule has 2 aromatic carbocycles. The van der Waals surface area contributed by atoms with E-state index in [0.29, 0.717) is 17.0 Å². The van der Waals surface area contributed by atoms with E-state index in [1.807, 2.05) is 45.0 Å². The van der Waals surface area contributed by atoms with Gasteiger partial charge in [-0.3, -0.25) is 9.59 Å². The molecule has 0 aliphatic rings. The average Bonchev–Trinajstić information content (AvgIpc) is 2.63. The van der Waals surface area contributed by atoms with Gasteiger partial charge in [-0.2, -0.15) is 0 Å². The number of anilines is 1. The summed E-state index contributed by atoms with van der Waals surface area (Å²) >= 11 is 0. The maximum absolute atomic E-state index is 12.4. The SMILES string of the molecule is CCC(C)NC(=O)c1cccc(NC(=O)C(C)Oc2ccccc2C)c1. The Kier molecular flexibility index (Phi) is 6.78. The van der Waals surface area contributed by atoms with Crippen LogP contribution in [-0.2, 0) is 4.79 Å². The van der Waals surface area contributed by atoms with E-state index in [9.17, 15) is 9.59 Å². The molecule has 0 saturated heterocycles. The van der Waals surface area contributed by atoms with Crippen molar-refractivity contribution in [1.29, 1.82) is 0 Å². The third-order valence-corrected chi connectivity index (χ3v) is 4.15. The fourth-order valence-electron chi connectivity index (χ4n) is 2.32. The standard InChI is InChI=1S/C21H26N2O3/c1-5-15(3)22-21(25)17-10-8-11-18(13-17)23-20(24)16(4)26-19-12-7-6-9-14(19)2/h6-13,15-16H,5H2,1-4H3,(H,22,25)(H,23,24). The maximum atomic E-state index is 12.4. The Morgan fingerprint density at radius 3 is 2.50 bits per heavy atom. The van der Waals surface area contributed by atoms with Crippen molar-refractivity contribution in [2.24, 2.45) is 0 Å². The molecule has 2 rings (SSSR count). The Morgan fingerprint density at radius 1 is 1.08 bits per heavy atom. The molecule has 26 heavy (non-hydrogen) atoms. The van der Waals surface area contributed by atoms with Crippen molar-refractivity contribution in [3.8, 4) is 5.75 Å². The zero-order valence-corrected chi connectivity index (χ0v) is 15.7. The smallest absolute Gasteiger partial charge is 0.265 e. The molecule has 0 bridgehead atoms. The molecule has 138 valence electrons. The van der Waals surface area contributed by atoms with Gasteiger partial charge in [-0.25, -0.2) is 0 Å². The van der Waals surface area contributed by atoms with Crippen molar-refractivity contribution < 1.29 is 14.3 Å². The zero-order valence-electron chi connectivity index (χ0n) is 15.7. The highest BCUT2D eigenvalue weighted by atomic mass is 16.5. The predicted octanol–water partition coefficient (Wildman–Crippen LogP) is 3.93. The molecule has 0 saturated carbocycles. The van der Waals surface area contributed by atoms with Crippen LogP contribution in [0.25, 0.3) is 0 Å². The lowest BCUT2D eigenvalue weighted by Crippen LogP contribution is -2.32. The summed E-state index contributed by atoms with van der Waals surface area (Å²) in [4.78, 5) is 24.6.